The summed E-state index contributed by atoms with van der Waals surface area (Å²) in [6.07, 6.45) is 0. The van der Waals surface area contributed by atoms with E-state index in [-0.39, 0.29) is 24.1 Å². The third kappa shape index (κ3) is 8.23. The highest BCUT2D eigenvalue weighted by molar-refractivity contribution is 7.99. The van der Waals surface area contributed by atoms with Gasteiger partial charge in [0.05, 0.1) is 5.75 Å². The van der Waals surface area contributed by atoms with Crippen LogP contribution in [0.1, 0.15) is 38.8 Å². The van der Waals surface area contributed by atoms with Crippen LogP contribution >= 0.6 is 46.6 Å². The number of benzene rings is 2. The molecule has 8 heteroatoms. The van der Waals surface area contributed by atoms with Gasteiger partial charge in [-0.25, -0.2) is 0 Å². The van der Waals surface area contributed by atoms with Gasteiger partial charge < -0.3 is 10.2 Å². The number of thioether (sulfide) groups is 1. The van der Waals surface area contributed by atoms with Crippen molar-refractivity contribution in [1.82, 2.24) is 10.2 Å². The smallest absolute Gasteiger partial charge is 0.242 e. The van der Waals surface area contributed by atoms with Crippen molar-refractivity contribution in [3.05, 3.63) is 68.7 Å². The molecule has 0 radical (unpaired) electrons. The van der Waals surface area contributed by atoms with Gasteiger partial charge in [-0.15, -0.1) is 11.8 Å². The molecule has 31 heavy (non-hydrogen) atoms. The molecule has 0 bridgehead atoms. The molecule has 0 saturated carbocycles. The number of hydrogen-bond donors (Lipinski definition) is 1. The number of carbonyl (C=O) groups is 2. The summed E-state index contributed by atoms with van der Waals surface area (Å²) in [5, 5.41) is 4.64. The predicted molar refractivity (Wildman–Crippen MR) is 132 cm³/mol. The number of amides is 2. The minimum absolute atomic E-state index is 0.147. The third-order valence-corrected chi connectivity index (χ3v) is 6.38. The van der Waals surface area contributed by atoms with Crippen LogP contribution in [0.5, 0.6) is 0 Å². The molecule has 0 aliphatic carbocycles. The van der Waals surface area contributed by atoms with E-state index < -0.39 is 11.6 Å². The van der Waals surface area contributed by atoms with Crippen LogP contribution in [-0.4, -0.2) is 34.0 Å². The van der Waals surface area contributed by atoms with Gasteiger partial charge in [-0.1, -0.05) is 59.1 Å². The lowest BCUT2D eigenvalue weighted by Gasteiger charge is -2.31. The Labute approximate surface area is 203 Å². The Morgan fingerprint density at radius 3 is 2.32 bits per heavy atom. The fourth-order valence-corrected chi connectivity index (χ4v) is 4.50. The van der Waals surface area contributed by atoms with Gasteiger partial charge in [0.25, 0.3) is 0 Å². The van der Waals surface area contributed by atoms with E-state index >= 15 is 0 Å². The molecule has 2 rings (SSSR count). The molecule has 168 valence electrons. The highest BCUT2D eigenvalue weighted by Gasteiger charge is 2.28. The summed E-state index contributed by atoms with van der Waals surface area (Å²) < 4.78 is 0. The summed E-state index contributed by atoms with van der Waals surface area (Å²) in [6.45, 7) is 7.70. The van der Waals surface area contributed by atoms with E-state index in [1.807, 2.05) is 45.0 Å². The molecule has 0 aliphatic heterocycles. The molecule has 0 unspecified atom stereocenters. The molecular weight excluding hydrogens is 475 g/mol. The Hall–Kier alpha value is -1.40. The largest absolute Gasteiger partial charge is 0.350 e. The maximum Gasteiger partial charge on any atom is 0.242 e. The minimum atomic E-state index is -0.650. The normalized spacial score (nSPS) is 12.4. The van der Waals surface area contributed by atoms with Crippen molar-refractivity contribution in [2.45, 2.75) is 51.6 Å². The molecule has 1 atom stereocenters. The zero-order chi connectivity index (χ0) is 23.2. The van der Waals surface area contributed by atoms with E-state index in [2.05, 4.69) is 5.32 Å². The Bertz CT molecular complexity index is 931. The maximum atomic E-state index is 13.1. The van der Waals surface area contributed by atoms with Crippen LogP contribution in [-0.2, 0) is 21.9 Å². The average Bonchev–Trinajstić information content (AvgIpc) is 2.67. The fraction of sp³-hybridized carbons (Fsp3) is 0.391. The van der Waals surface area contributed by atoms with Crippen molar-refractivity contribution in [2.24, 2.45) is 0 Å². The number of rotatable bonds is 8. The number of hydrogen-bond acceptors (Lipinski definition) is 3. The van der Waals surface area contributed by atoms with Crippen molar-refractivity contribution in [1.29, 1.82) is 0 Å². The van der Waals surface area contributed by atoms with Gasteiger partial charge in [0, 0.05) is 32.9 Å². The summed E-state index contributed by atoms with van der Waals surface area (Å²) in [7, 11) is 0. The minimum Gasteiger partial charge on any atom is -0.350 e. The van der Waals surface area contributed by atoms with Gasteiger partial charge in [0.1, 0.15) is 6.04 Å². The first-order valence-electron chi connectivity index (χ1n) is 9.84. The topological polar surface area (TPSA) is 49.4 Å². The van der Waals surface area contributed by atoms with Crippen LogP contribution in [0, 0.1) is 0 Å². The molecule has 4 nitrogen and oxygen atoms in total. The molecule has 0 fully saturated rings. The Morgan fingerprint density at radius 1 is 1.03 bits per heavy atom. The molecule has 2 aromatic carbocycles. The van der Waals surface area contributed by atoms with E-state index in [4.69, 9.17) is 34.8 Å². The van der Waals surface area contributed by atoms with Crippen LogP contribution in [0.25, 0.3) is 0 Å². The molecule has 0 heterocycles. The zero-order valence-corrected chi connectivity index (χ0v) is 21.1. The standard InChI is InChI=1S/C23H27Cl3N2O2S/c1-15(22(30)27-23(2,3)4)28(12-16-7-5-6-8-19(16)25)21(29)14-31-13-17-9-10-18(24)11-20(17)26/h5-11,15H,12-14H2,1-4H3,(H,27,30)/t15-/m0/s1. The first kappa shape index (κ1) is 25.9. The Balaban J connectivity index is 2.13. The first-order chi connectivity index (χ1) is 14.5. The molecule has 2 amide bonds. The van der Waals surface area contributed by atoms with Crippen LogP contribution < -0.4 is 5.32 Å². The Morgan fingerprint density at radius 2 is 1.71 bits per heavy atom. The van der Waals surface area contributed by atoms with E-state index in [1.54, 1.807) is 30.0 Å². The van der Waals surface area contributed by atoms with Crippen molar-refractivity contribution in [3.8, 4) is 0 Å². The van der Waals surface area contributed by atoms with Gasteiger partial charge in [0.2, 0.25) is 11.8 Å². The summed E-state index contributed by atoms with van der Waals surface area (Å²) in [5.41, 5.74) is 1.29. The lowest BCUT2D eigenvalue weighted by Crippen LogP contribution is -2.52. The highest BCUT2D eigenvalue weighted by Crippen LogP contribution is 2.25. The third-order valence-electron chi connectivity index (χ3n) is 4.46. The van der Waals surface area contributed by atoms with Crippen LogP contribution in [0.2, 0.25) is 15.1 Å². The van der Waals surface area contributed by atoms with E-state index in [1.165, 1.54) is 11.8 Å². The van der Waals surface area contributed by atoms with Crippen LogP contribution in [0.15, 0.2) is 42.5 Å². The second-order valence-electron chi connectivity index (χ2n) is 8.26. The van der Waals surface area contributed by atoms with E-state index in [9.17, 15) is 9.59 Å². The maximum absolute atomic E-state index is 13.1. The van der Waals surface area contributed by atoms with Crippen LogP contribution in [0.4, 0.5) is 0 Å². The summed E-state index contributed by atoms with van der Waals surface area (Å²) >= 11 is 19.9. The molecule has 1 N–H and O–H groups in total. The van der Waals surface area contributed by atoms with Crippen LogP contribution in [0.3, 0.4) is 0 Å². The predicted octanol–water partition coefficient (Wildman–Crippen LogP) is 6.21. The monoisotopic (exact) mass is 500 g/mol. The molecule has 0 aliphatic rings. The van der Waals surface area contributed by atoms with Crippen molar-refractivity contribution >= 4 is 58.4 Å². The molecule has 0 spiro atoms. The highest BCUT2D eigenvalue weighted by atomic mass is 35.5. The lowest BCUT2D eigenvalue weighted by atomic mass is 10.1. The van der Waals surface area contributed by atoms with E-state index in [0.717, 1.165) is 11.1 Å². The van der Waals surface area contributed by atoms with Crippen molar-refractivity contribution < 1.29 is 9.59 Å². The second kappa shape index (κ2) is 11.5. The van der Waals surface area contributed by atoms with Gasteiger partial charge in [-0.3, -0.25) is 9.59 Å². The first-order valence-corrected chi connectivity index (χ1v) is 12.1. The zero-order valence-electron chi connectivity index (χ0n) is 18.0. The number of carbonyl (C=O) groups excluding carboxylic acids is 2. The Kier molecular flexibility index (Phi) is 9.56. The number of halogens is 3. The fourth-order valence-electron chi connectivity index (χ4n) is 2.84. The molecule has 0 aromatic heterocycles. The van der Waals surface area contributed by atoms with Gasteiger partial charge >= 0.3 is 0 Å². The molecular formula is C23H27Cl3N2O2S. The van der Waals surface area contributed by atoms with Crippen molar-refractivity contribution in [3.63, 3.8) is 0 Å². The van der Waals surface area contributed by atoms with Gasteiger partial charge in [-0.2, -0.15) is 0 Å². The SMILES string of the molecule is C[C@@H](C(=O)NC(C)(C)C)N(Cc1ccccc1Cl)C(=O)CSCc1ccc(Cl)cc1Cl. The molecule has 0 saturated heterocycles. The number of nitrogens with zero attached hydrogens (tertiary/aromatic N) is 1. The lowest BCUT2D eigenvalue weighted by molar-refractivity contribution is -0.139. The summed E-state index contributed by atoms with van der Waals surface area (Å²) in [6, 6.07) is 12.0. The molecule has 2 aromatic rings. The van der Waals surface area contributed by atoms with Crippen molar-refractivity contribution in [2.75, 3.05) is 5.75 Å². The van der Waals surface area contributed by atoms with Gasteiger partial charge in [0.15, 0.2) is 0 Å². The quantitative estimate of drug-likeness (QED) is 0.468. The van der Waals surface area contributed by atoms with Gasteiger partial charge in [-0.05, 0) is 57.0 Å². The second-order valence-corrected chi connectivity index (χ2v) is 10.5. The number of nitrogens with one attached hydrogen (secondary N) is 1. The summed E-state index contributed by atoms with van der Waals surface area (Å²) in [4.78, 5) is 27.5. The average molecular weight is 502 g/mol. The van der Waals surface area contributed by atoms with E-state index in [0.29, 0.717) is 20.8 Å². The summed E-state index contributed by atoms with van der Waals surface area (Å²) in [5.74, 6) is 0.408.